The summed E-state index contributed by atoms with van der Waals surface area (Å²) in [5.41, 5.74) is 5.36. The highest BCUT2D eigenvalue weighted by molar-refractivity contribution is 5.86. The average molecular weight is 265 g/mol. The van der Waals surface area contributed by atoms with E-state index in [1.807, 2.05) is 0 Å². The topological polar surface area (TPSA) is 110 Å². The van der Waals surface area contributed by atoms with Gasteiger partial charge in [0.15, 0.2) is 0 Å². The summed E-state index contributed by atoms with van der Waals surface area (Å²) in [4.78, 5) is 32.5. The minimum absolute atomic E-state index is 0.0400. The molecule has 2 rings (SSSR count). The molecule has 8 heteroatoms. The molecule has 1 amide bonds. The average Bonchev–Trinajstić information content (AvgIpc) is 2.46. The number of piperazine rings is 1. The second-order valence-electron chi connectivity index (χ2n) is 4.05. The molecular formula is C11H15N5O3. The fraction of sp³-hybridized carbons (Fsp3) is 0.455. The number of anilines is 1. The van der Waals surface area contributed by atoms with Crippen LogP contribution in [0.2, 0.25) is 0 Å². The predicted molar refractivity (Wildman–Crippen MR) is 66.6 cm³/mol. The van der Waals surface area contributed by atoms with Gasteiger partial charge in [0.2, 0.25) is 11.7 Å². The number of hydrogen-bond donors (Lipinski definition) is 2. The van der Waals surface area contributed by atoms with Gasteiger partial charge in [-0.1, -0.05) is 0 Å². The summed E-state index contributed by atoms with van der Waals surface area (Å²) < 4.78 is 4.57. The molecule has 102 valence electrons. The molecular weight excluding hydrogens is 250 g/mol. The van der Waals surface area contributed by atoms with Crippen molar-refractivity contribution in [2.24, 2.45) is 5.73 Å². The number of ether oxygens (including phenoxy) is 1. The highest BCUT2D eigenvalue weighted by Crippen LogP contribution is 2.15. The van der Waals surface area contributed by atoms with Crippen LogP contribution >= 0.6 is 0 Å². The second kappa shape index (κ2) is 5.61. The first-order valence-corrected chi connectivity index (χ1v) is 5.81. The number of rotatable bonds is 3. The van der Waals surface area contributed by atoms with Crippen molar-refractivity contribution in [2.75, 3.05) is 31.6 Å². The van der Waals surface area contributed by atoms with Crippen molar-refractivity contribution in [1.82, 2.24) is 15.3 Å². The van der Waals surface area contributed by atoms with Crippen molar-refractivity contribution in [1.29, 1.82) is 0 Å². The Morgan fingerprint density at radius 2 is 2.37 bits per heavy atom. The van der Waals surface area contributed by atoms with Crippen LogP contribution in [0.15, 0.2) is 12.3 Å². The van der Waals surface area contributed by atoms with E-state index in [0.717, 1.165) is 0 Å². The van der Waals surface area contributed by atoms with Crippen molar-refractivity contribution < 1.29 is 14.3 Å². The molecule has 0 aliphatic carbocycles. The lowest BCUT2D eigenvalue weighted by Gasteiger charge is -2.34. The van der Waals surface area contributed by atoms with Gasteiger partial charge in [0.05, 0.1) is 7.11 Å². The van der Waals surface area contributed by atoms with Crippen LogP contribution in [0, 0.1) is 0 Å². The molecule has 19 heavy (non-hydrogen) atoms. The van der Waals surface area contributed by atoms with Gasteiger partial charge in [-0.25, -0.2) is 14.8 Å². The number of nitrogens with two attached hydrogens (primary N) is 1. The van der Waals surface area contributed by atoms with Crippen molar-refractivity contribution in [3.8, 4) is 0 Å². The molecule has 0 bridgehead atoms. The summed E-state index contributed by atoms with van der Waals surface area (Å²) in [6.07, 6.45) is 1.45. The fourth-order valence-corrected chi connectivity index (χ4v) is 1.93. The summed E-state index contributed by atoms with van der Waals surface area (Å²) in [5, 5.41) is 3.09. The smallest absolute Gasteiger partial charge is 0.376 e. The lowest BCUT2D eigenvalue weighted by Crippen LogP contribution is -2.57. The normalized spacial score (nSPS) is 19.0. The van der Waals surface area contributed by atoms with Gasteiger partial charge in [-0.05, 0) is 6.07 Å². The maximum absolute atomic E-state index is 11.4. The van der Waals surface area contributed by atoms with Gasteiger partial charge >= 0.3 is 5.97 Å². The second-order valence-corrected chi connectivity index (χ2v) is 4.05. The Labute approximate surface area is 110 Å². The molecule has 1 unspecified atom stereocenters. The number of carbonyl (C=O) groups excluding carboxylic acids is 2. The maximum atomic E-state index is 11.4. The molecule has 0 aromatic carbocycles. The summed E-state index contributed by atoms with van der Waals surface area (Å²) in [7, 11) is 1.26. The van der Waals surface area contributed by atoms with Crippen LogP contribution in [-0.2, 0) is 9.53 Å². The Morgan fingerprint density at radius 1 is 1.58 bits per heavy atom. The maximum Gasteiger partial charge on any atom is 0.376 e. The molecule has 1 aromatic heterocycles. The van der Waals surface area contributed by atoms with Gasteiger partial charge in [0, 0.05) is 25.8 Å². The number of carbonyl (C=O) groups is 2. The predicted octanol–water partition coefficient (Wildman–Crippen LogP) is -1.47. The quantitative estimate of drug-likeness (QED) is 0.642. The van der Waals surface area contributed by atoms with Crippen LogP contribution in [-0.4, -0.2) is 54.6 Å². The summed E-state index contributed by atoms with van der Waals surface area (Å²) in [5.74, 6) is -0.611. The third-order valence-electron chi connectivity index (χ3n) is 2.87. The van der Waals surface area contributed by atoms with Crippen LogP contribution in [0.4, 0.5) is 5.82 Å². The molecule has 0 saturated carbocycles. The van der Waals surface area contributed by atoms with Crippen molar-refractivity contribution in [3.05, 3.63) is 18.1 Å². The van der Waals surface area contributed by atoms with Crippen LogP contribution < -0.4 is 16.0 Å². The molecule has 1 saturated heterocycles. The van der Waals surface area contributed by atoms with Crippen LogP contribution in [0.1, 0.15) is 10.6 Å². The monoisotopic (exact) mass is 265 g/mol. The van der Waals surface area contributed by atoms with Crippen molar-refractivity contribution >= 4 is 17.7 Å². The Hall–Kier alpha value is -2.22. The number of nitrogens with one attached hydrogen (secondary N) is 1. The van der Waals surface area contributed by atoms with Gasteiger partial charge in [-0.15, -0.1) is 0 Å². The standard InChI is InChI=1S/C11H15N5O3/c1-19-11(18)10-14-3-2-8(15-10)16-5-4-13-6-7(16)9(12)17/h2-3,7,13H,4-6H2,1H3,(H2,12,17). The molecule has 0 spiro atoms. The number of primary amides is 1. The zero-order valence-electron chi connectivity index (χ0n) is 10.5. The molecule has 2 heterocycles. The van der Waals surface area contributed by atoms with Crippen LogP contribution in [0.3, 0.4) is 0 Å². The van der Waals surface area contributed by atoms with E-state index in [-0.39, 0.29) is 5.82 Å². The zero-order chi connectivity index (χ0) is 13.8. The Balaban J connectivity index is 2.29. The van der Waals surface area contributed by atoms with Gasteiger partial charge < -0.3 is 20.7 Å². The minimum atomic E-state index is -0.618. The first kappa shape index (κ1) is 13.2. The Bertz CT molecular complexity index is 493. The number of aromatic nitrogens is 2. The van der Waals surface area contributed by atoms with E-state index in [1.54, 1.807) is 11.0 Å². The van der Waals surface area contributed by atoms with Crippen molar-refractivity contribution in [3.63, 3.8) is 0 Å². The van der Waals surface area contributed by atoms with E-state index in [2.05, 4.69) is 20.0 Å². The lowest BCUT2D eigenvalue weighted by atomic mass is 10.2. The number of esters is 1. The highest BCUT2D eigenvalue weighted by atomic mass is 16.5. The van der Waals surface area contributed by atoms with Crippen LogP contribution in [0.5, 0.6) is 0 Å². The summed E-state index contributed by atoms with van der Waals surface area (Å²) >= 11 is 0. The SMILES string of the molecule is COC(=O)c1nccc(N2CCNCC2C(N)=O)n1. The molecule has 1 fully saturated rings. The van der Waals surface area contributed by atoms with Gasteiger partial charge in [0.25, 0.3) is 0 Å². The molecule has 0 radical (unpaired) electrons. The number of nitrogens with zero attached hydrogens (tertiary/aromatic N) is 3. The molecule has 1 atom stereocenters. The minimum Gasteiger partial charge on any atom is -0.463 e. The van der Waals surface area contributed by atoms with E-state index in [1.165, 1.54) is 13.3 Å². The Morgan fingerprint density at radius 3 is 3.05 bits per heavy atom. The number of amides is 1. The van der Waals surface area contributed by atoms with E-state index in [4.69, 9.17) is 5.73 Å². The number of hydrogen-bond acceptors (Lipinski definition) is 7. The first-order chi connectivity index (χ1) is 9.13. The Kier molecular flexibility index (Phi) is 3.91. The van der Waals surface area contributed by atoms with Crippen molar-refractivity contribution in [2.45, 2.75) is 6.04 Å². The highest BCUT2D eigenvalue weighted by Gasteiger charge is 2.28. The van der Waals surface area contributed by atoms with Gasteiger partial charge in [-0.2, -0.15) is 0 Å². The zero-order valence-corrected chi connectivity index (χ0v) is 10.5. The third-order valence-corrected chi connectivity index (χ3v) is 2.87. The molecule has 3 N–H and O–H groups in total. The molecule has 1 aromatic rings. The lowest BCUT2D eigenvalue weighted by molar-refractivity contribution is -0.119. The number of methoxy groups -OCH3 is 1. The molecule has 1 aliphatic rings. The molecule has 8 nitrogen and oxygen atoms in total. The van der Waals surface area contributed by atoms with E-state index in [9.17, 15) is 9.59 Å². The fourth-order valence-electron chi connectivity index (χ4n) is 1.93. The van der Waals surface area contributed by atoms with E-state index in [0.29, 0.717) is 25.5 Å². The van der Waals surface area contributed by atoms with E-state index < -0.39 is 17.9 Å². The summed E-state index contributed by atoms with van der Waals surface area (Å²) in [6, 6.07) is 1.14. The first-order valence-electron chi connectivity index (χ1n) is 5.81. The van der Waals surface area contributed by atoms with Crippen LogP contribution in [0.25, 0.3) is 0 Å². The van der Waals surface area contributed by atoms with Gasteiger partial charge in [-0.3, -0.25) is 4.79 Å². The summed E-state index contributed by atoms with van der Waals surface area (Å²) in [6.45, 7) is 1.74. The van der Waals surface area contributed by atoms with E-state index >= 15 is 0 Å². The largest absolute Gasteiger partial charge is 0.463 e. The third kappa shape index (κ3) is 2.79. The van der Waals surface area contributed by atoms with Gasteiger partial charge in [0.1, 0.15) is 11.9 Å². The molecule has 1 aliphatic heterocycles.